The molecule has 0 aliphatic rings. The first kappa shape index (κ1) is 15.1. The Morgan fingerprint density at radius 2 is 1.89 bits per heavy atom. The van der Waals surface area contributed by atoms with Gasteiger partial charge in [-0.15, -0.1) is 0 Å². The van der Waals surface area contributed by atoms with Gasteiger partial charge in [-0.25, -0.2) is 13.6 Å². The van der Waals surface area contributed by atoms with E-state index in [-0.39, 0.29) is 11.5 Å². The number of ether oxygens (including phenoxy) is 1. The molecule has 4 nitrogen and oxygen atoms in total. The SMILES string of the molecule is COC(=O)[C@@H](NC(=O)c1ccc(F)cc1F)C(C)C. The summed E-state index contributed by atoms with van der Waals surface area (Å²) in [5.74, 6) is -3.39. The Morgan fingerprint density at radius 1 is 1.26 bits per heavy atom. The second-order valence-corrected chi connectivity index (χ2v) is 4.34. The number of benzene rings is 1. The number of hydrogen-bond acceptors (Lipinski definition) is 3. The maximum Gasteiger partial charge on any atom is 0.328 e. The van der Waals surface area contributed by atoms with Crippen molar-refractivity contribution in [3.63, 3.8) is 0 Å². The molecule has 0 aromatic heterocycles. The van der Waals surface area contributed by atoms with Gasteiger partial charge in [0, 0.05) is 6.07 Å². The van der Waals surface area contributed by atoms with Crippen LogP contribution < -0.4 is 5.32 Å². The molecular formula is C13H15F2NO3. The van der Waals surface area contributed by atoms with Crippen LogP contribution in [-0.2, 0) is 9.53 Å². The molecule has 19 heavy (non-hydrogen) atoms. The number of halogens is 2. The zero-order valence-electron chi connectivity index (χ0n) is 10.9. The van der Waals surface area contributed by atoms with E-state index in [0.29, 0.717) is 6.07 Å². The molecule has 1 atom stereocenters. The highest BCUT2D eigenvalue weighted by Gasteiger charge is 2.26. The molecule has 1 rings (SSSR count). The van der Waals surface area contributed by atoms with Gasteiger partial charge in [-0.2, -0.15) is 0 Å². The third kappa shape index (κ3) is 3.74. The number of rotatable bonds is 4. The highest BCUT2D eigenvalue weighted by atomic mass is 19.1. The van der Waals surface area contributed by atoms with E-state index in [2.05, 4.69) is 10.1 Å². The number of methoxy groups -OCH3 is 1. The molecule has 1 aromatic carbocycles. The molecule has 1 N–H and O–H groups in total. The van der Waals surface area contributed by atoms with Gasteiger partial charge in [0.2, 0.25) is 0 Å². The minimum atomic E-state index is -0.982. The molecule has 6 heteroatoms. The molecule has 0 aliphatic heterocycles. The zero-order chi connectivity index (χ0) is 14.6. The minimum Gasteiger partial charge on any atom is -0.467 e. The molecule has 0 spiro atoms. The summed E-state index contributed by atoms with van der Waals surface area (Å²) in [4.78, 5) is 23.3. The first-order chi connectivity index (χ1) is 8.86. The highest BCUT2D eigenvalue weighted by molar-refractivity contribution is 5.97. The van der Waals surface area contributed by atoms with Gasteiger partial charge in [0.1, 0.15) is 17.7 Å². The van der Waals surface area contributed by atoms with Gasteiger partial charge in [0.15, 0.2) is 0 Å². The Morgan fingerprint density at radius 3 is 2.37 bits per heavy atom. The zero-order valence-corrected chi connectivity index (χ0v) is 10.9. The van der Waals surface area contributed by atoms with Gasteiger partial charge in [-0.3, -0.25) is 4.79 Å². The fourth-order valence-corrected chi connectivity index (χ4v) is 1.52. The summed E-state index contributed by atoms with van der Waals surface area (Å²) >= 11 is 0. The predicted molar refractivity (Wildman–Crippen MR) is 64.5 cm³/mol. The Bertz CT molecular complexity index is 489. The quantitative estimate of drug-likeness (QED) is 0.851. The number of carbonyl (C=O) groups excluding carboxylic acids is 2. The van der Waals surface area contributed by atoms with Crippen molar-refractivity contribution >= 4 is 11.9 Å². The molecule has 0 saturated heterocycles. The lowest BCUT2D eigenvalue weighted by Gasteiger charge is -2.19. The Hall–Kier alpha value is -1.98. The number of hydrogen-bond donors (Lipinski definition) is 1. The fraction of sp³-hybridized carbons (Fsp3) is 0.385. The number of nitrogens with one attached hydrogen (secondary N) is 1. The lowest BCUT2D eigenvalue weighted by molar-refractivity contribution is -0.144. The average Bonchev–Trinajstić information content (AvgIpc) is 2.34. The Kier molecular flexibility index (Phi) is 4.97. The van der Waals surface area contributed by atoms with Crippen molar-refractivity contribution in [2.45, 2.75) is 19.9 Å². The third-order valence-corrected chi connectivity index (χ3v) is 2.58. The van der Waals surface area contributed by atoms with Crippen molar-refractivity contribution < 1.29 is 23.1 Å². The number of esters is 1. The summed E-state index contributed by atoms with van der Waals surface area (Å²) in [6.07, 6.45) is 0. The Balaban J connectivity index is 2.91. The van der Waals surface area contributed by atoms with Crippen molar-refractivity contribution in [3.05, 3.63) is 35.4 Å². The second-order valence-electron chi connectivity index (χ2n) is 4.34. The van der Waals surface area contributed by atoms with Gasteiger partial charge in [0.05, 0.1) is 12.7 Å². The van der Waals surface area contributed by atoms with Crippen LogP contribution in [0.15, 0.2) is 18.2 Å². The molecular weight excluding hydrogens is 256 g/mol. The van der Waals surface area contributed by atoms with Gasteiger partial charge in [-0.05, 0) is 18.1 Å². The van der Waals surface area contributed by atoms with Crippen LogP contribution >= 0.6 is 0 Å². The van der Waals surface area contributed by atoms with E-state index in [9.17, 15) is 18.4 Å². The van der Waals surface area contributed by atoms with Crippen LogP contribution in [0.25, 0.3) is 0 Å². The predicted octanol–water partition coefficient (Wildman–Crippen LogP) is 1.89. The van der Waals surface area contributed by atoms with Crippen molar-refractivity contribution in [1.29, 1.82) is 0 Å². The van der Waals surface area contributed by atoms with Crippen molar-refractivity contribution in [2.75, 3.05) is 7.11 Å². The van der Waals surface area contributed by atoms with Gasteiger partial charge >= 0.3 is 5.97 Å². The first-order valence-electron chi connectivity index (χ1n) is 5.70. The molecule has 1 amide bonds. The van der Waals surface area contributed by atoms with Crippen LogP contribution in [-0.4, -0.2) is 25.0 Å². The monoisotopic (exact) mass is 271 g/mol. The summed E-state index contributed by atoms with van der Waals surface area (Å²) in [5.41, 5.74) is -0.323. The van der Waals surface area contributed by atoms with E-state index in [1.807, 2.05) is 0 Å². The molecule has 0 fully saturated rings. The van der Waals surface area contributed by atoms with E-state index in [1.54, 1.807) is 13.8 Å². The van der Waals surface area contributed by atoms with Gasteiger partial charge in [0.25, 0.3) is 5.91 Å². The van der Waals surface area contributed by atoms with E-state index in [1.165, 1.54) is 7.11 Å². The normalized spacial score (nSPS) is 12.1. The van der Waals surface area contributed by atoms with Crippen molar-refractivity contribution in [2.24, 2.45) is 5.92 Å². The van der Waals surface area contributed by atoms with Crippen LogP contribution in [0, 0.1) is 17.6 Å². The molecule has 0 aliphatic carbocycles. The molecule has 0 unspecified atom stereocenters. The van der Waals surface area contributed by atoms with Gasteiger partial charge in [-0.1, -0.05) is 13.8 Å². The summed E-state index contributed by atoms with van der Waals surface area (Å²) in [7, 11) is 1.20. The summed E-state index contributed by atoms with van der Waals surface area (Å²) in [5, 5.41) is 2.37. The standard InChI is InChI=1S/C13H15F2NO3/c1-7(2)11(13(18)19-3)16-12(17)9-5-4-8(14)6-10(9)15/h4-7,11H,1-3H3,(H,16,17)/t11-/m0/s1. The topological polar surface area (TPSA) is 55.4 Å². The van der Waals surface area contributed by atoms with Crippen molar-refractivity contribution in [3.8, 4) is 0 Å². The summed E-state index contributed by atoms with van der Waals surface area (Å²) in [6.45, 7) is 3.42. The van der Waals surface area contributed by atoms with E-state index in [4.69, 9.17) is 0 Å². The molecule has 0 heterocycles. The van der Waals surface area contributed by atoms with Crippen LogP contribution in [0.3, 0.4) is 0 Å². The second kappa shape index (κ2) is 6.26. The fourth-order valence-electron chi connectivity index (χ4n) is 1.52. The molecule has 0 bridgehead atoms. The van der Waals surface area contributed by atoms with Gasteiger partial charge < -0.3 is 10.1 Å². The third-order valence-electron chi connectivity index (χ3n) is 2.58. The van der Waals surface area contributed by atoms with E-state index < -0.39 is 29.6 Å². The largest absolute Gasteiger partial charge is 0.467 e. The minimum absolute atomic E-state index is 0.222. The average molecular weight is 271 g/mol. The lowest BCUT2D eigenvalue weighted by atomic mass is 10.0. The van der Waals surface area contributed by atoms with Crippen LogP contribution in [0.1, 0.15) is 24.2 Å². The van der Waals surface area contributed by atoms with E-state index in [0.717, 1.165) is 12.1 Å². The smallest absolute Gasteiger partial charge is 0.328 e. The summed E-state index contributed by atoms with van der Waals surface area (Å²) < 4.78 is 30.7. The summed E-state index contributed by atoms with van der Waals surface area (Å²) in [6, 6.07) is 1.72. The first-order valence-corrected chi connectivity index (χ1v) is 5.70. The number of amides is 1. The molecule has 104 valence electrons. The molecule has 1 aromatic rings. The van der Waals surface area contributed by atoms with Crippen molar-refractivity contribution in [1.82, 2.24) is 5.32 Å². The van der Waals surface area contributed by atoms with Crippen LogP contribution in [0.5, 0.6) is 0 Å². The lowest BCUT2D eigenvalue weighted by Crippen LogP contribution is -2.45. The van der Waals surface area contributed by atoms with E-state index >= 15 is 0 Å². The maximum atomic E-state index is 13.4. The highest BCUT2D eigenvalue weighted by Crippen LogP contribution is 2.11. The molecule has 0 saturated carbocycles. The maximum absolute atomic E-state index is 13.4. The van der Waals surface area contributed by atoms with Crippen LogP contribution in [0.2, 0.25) is 0 Å². The van der Waals surface area contributed by atoms with Crippen LogP contribution in [0.4, 0.5) is 8.78 Å². The number of carbonyl (C=O) groups is 2. The molecule has 0 radical (unpaired) electrons. The Labute approximate surface area is 109 Å².